The van der Waals surface area contributed by atoms with Crippen molar-refractivity contribution in [3.05, 3.63) is 59.4 Å². The van der Waals surface area contributed by atoms with Gasteiger partial charge >= 0.3 is 6.11 Å². The van der Waals surface area contributed by atoms with Gasteiger partial charge < -0.3 is 9.47 Å². The standard InChI is InChI=1S/C18H19F3O2/c1-3-4-14-7-10-16(11-17(14)19)23-18(20,21)12-22-15-8-5-13(2)6-9-15/h5-11H,3-4,12H2,1-2H3. The summed E-state index contributed by atoms with van der Waals surface area (Å²) >= 11 is 0. The van der Waals surface area contributed by atoms with Gasteiger partial charge in [-0.3, -0.25) is 0 Å². The predicted molar refractivity (Wildman–Crippen MR) is 82.6 cm³/mol. The first kappa shape index (κ1) is 17.2. The smallest absolute Gasteiger partial charge is 0.432 e. The summed E-state index contributed by atoms with van der Waals surface area (Å²) in [6.45, 7) is 2.85. The molecule has 0 unspecified atom stereocenters. The molecule has 0 spiro atoms. The van der Waals surface area contributed by atoms with Gasteiger partial charge in [-0.2, -0.15) is 8.78 Å². The Morgan fingerprint density at radius 1 is 1.00 bits per heavy atom. The zero-order valence-corrected chi connectivity index (χ0v) is 13.1. The third-order valence-electron chi connectivity index (χ3n) is 3.24. The highest BCUT2D eigenvalue weighted by Gasteiger charge is 2.33. The van der Waals surface area contributed by atoms with E-state index in [1.807, 2.05) is 13.8 Å². The first-order chi connectivity index (χ1) is 10.9. The van der Waals surface area contributed by atoms with Gasteiger partial charge in [-0.05, 0) is 37.1 Å². The number of hydrogen-bond donors (Lipinski definition) is 0. The Labute approximate surface area is 133 Å². The fraction of sp³-hybridized carbons (Fsp3) is 0.333. The minimum atomic E-state index is -3.55. The average Bonchev–Trinajstić information content (AvgIpc) is 2.49. The minimum Gasteiger partial charge on any atom is -0.483 e. The summed E-state index contributed by atoms with van der Waals surface area (Å²) in [6, 6.07) is 10.5. The second-order valence-electron chi connectivity index (χ2n) is 5.34. The molecule has 0 fully saturated rings. The zero-order chi connectivity index (χ0) is 16.9. The molecule has 0 N–H and O–H groups in total. The van der Waals surface area contributed by atoms with Crippen molar-refractivity contribution in [3.8, 4) is 11.5 Å². The number of aryl methyl sites for hydroxylation is 2. The highest BCUT2D eigenvalue weighted by Crippen LogP contribution is 2.25. The molecule has 0 aromatic heterocycles. The van der Waals surface area contributed by atoms with Crippen molar-refractivity contribution in [1.82, 2.24) is 0 Å². The lowest BCUT2D eigenvalue weighted by Crippen LogP contribution is -2.32. The maximum Gasteiger partial charge on any atom is 0.432 e. The van der Waals surface area contributed by atoms with Crippen LogP contribution >= 0.6 is 0 Å². The third-order valence-corrected chi connectivity index (χ3v) is 3.24. The van der Waals surface area contributed by atoms with E-state index < -0.39 is 18.5 Å². The van der Waals surface area contributed by atoms with E-state index in [2.05, 4.69) is 4.74 Å². The van der Waals surface area contributed by atoms with Gasteiger partial charge in [0.25, 0.3) is 0 Å². The first-order valence-electron chi connectivity index (χ1n) is 7.44. The Kier molecular flexibility index (Phi) is 5.53. The van der Waals surface area contributed by atoms with E-state index in [1.54, 1.807) is 24.3 Å². The maximum absolute atomic E-state index is 13.8. The molecular formula is C18H19F3O2. The summed E-state index contributed by atoms with van der Waals surface area (Å²) in [5.41, 5.74) is 1.49. The van der Waals surface area contributed by atoms with E-state index in [1.165, 1.54) is 12.1 Å². The summed E-state index contributed by atoms with van der Waals surface area (Å²) in [5, 5.41) is 0. The van der Waals surface area contributed by atoms with Crippen LogP contribution in [0.5, 0.6) is 11.5 Å². The van der Waals surface area contributed by atoms with E-state index >= 15 is 0 Å². The minimum absolute atomic E-state index is 0.222. The molecule has 2 aromatic carbocycles. The molecule has 23 heavy (non-hydrogen) atoms. The summed E-state index contributed by atoms with van der Waals surface area (Å²) in [4.78, 5) is 0. The van der Waals surface area contributed by atoms with Crippen molar-refractivity contribution in [2.45, 2.75) is 32.8 Å². The number of ether oxygens (including phenoxy) is 2. The van der Waals surface area contributed by atoms with Gasteiger partial charge in [-0.1, -0.05) is 37.1 Å². The Morgan fingerprint density at radius 2 is 1.65 bits per heavy atom. The van der Waals surface area contributed by atoms with Crippen LogP contribution in [0.4, 0.5) is 13.2 Å². The number of benzene rings is 2. The normalized spacial score (nSPS) is 11.3. The van der Waals surface area contributed by atoms with Gasteiger partial charge in [0, 0.05) is 6.07 Å². The van der Waals surface area contributed by atoms with E-state index in [9.17, 15) is 13.2 Å². The molecule has 0 atom stereocenters. The van der Waals surface area contributed by atoms with Crippen molar-refractivity contribution in [3.63, 3.8) is 0 Å². The summed E-state index contributed by atoms with van der Waals surface area (Å²) in [5.74, 6) is -0.442. The van der Waals surface area contributed by atoms with Crippen LogP contribution in [0.25, 0.3) is 0 Å². The highest BCUT2D eigenvalue weighted by atomic mass is 19.3. The summed E-state index contributed by atoms with van der Waals surface area (Å²) in [6.07, 6.45) is -2.22. The lowest BCUT2D eigenvalue weighted by atomic mass is 10.1. The van der Waals surface area contributed by atoms with Crippen molar-refractivity contribution in [2.24, 2.45) is 0 Å². The fourth-order valence-corrected chi connectivity index (χ4v) is 2.07. The van der Waals surface area contributed by atoms with Crippen LogP contribution in [0.15, 0.2) is 42.5 Å². The maximum atomic E-state index is 13.8. The van der Waals surface area contributed by atoms with Crippen molar-refractivity contribution in [1.29, 1.82) is 0 Å². The molecule has 0 saturated heterocycles. The Balaban J connectivity index is 1.97. The molecular weight excluding hydrogens is 305 g/mol. The molecule has 5 heteroatoms. The lowest BCUT2D eigenvalue weighted by molar-refractivity contribution is -0.195. The fourth-order valence-electron chi connectivity index (χ4n) is 2.07. The number of hydrogen-bond acceptors (Lipinski definition) is 2. The largest absolute Gasteiger partial charge is 0.483 e. The Bertz CT molecular complexity index is 639. The van der Waals surface area contributed by atoms with Gasteiger partial charge in [-0.15, -0.1) is 0 Å². The molecule has 0 saturated carbocycles. The van der Waals surface area contributed by atoms with E-state index in [-0.39, 0.29) is 5.75 Å². The van der Waals surface area contributed by atoms with Crippen molar-refractivity contribution in [2.75, 3.05) is 6.61 Å². The zero-order valence-electron chi connectivity index (χ0n) is 13.1. The Morgan fingerprint density at radius 3 is 2.26 bits per heavy atom. The van der Waals surface area contributed by atoms with Crippen LogP contribution in [-0.4, -0.2) is 12.7 Å². The average molecular weight is 324 g/mol. The molecule has 0 aliphatic rings. The van der Waals surface area contributed by atoms with Crippen LogP contribution in [0.1, 0.15) is 24.5 Å². The van der Waals surface area contributed by atoms with Crippen LogP contribution in [-0.2, 0) is 6.42 Å². The van der Waals surface area contributed by atoms with Crippen LogP contribution in [0.3, 0.4) is 0 Å². The first-order valence-corrected chi connectivity index (χ1v) is 7.44. The highest BCUT2D eigenvalue weighted by molar-refractivity contribution is 5.29. The molecule has 0 aliphatic heterocycles. The molecule has 2 nitrogen and oxygen atoms in total. The van der Waals surface area contributed by atoms with Crippen molar-refractivity contribution < 1.29 is 22.6 Å². The van der Waals surface area contributed by atoms with Gasteiger partial charge in [-0.25, -0.2) is 4.39 Å². The number of halogens is 3. The second kappa shape index (κ2) is 7.40. The van der Waals surface area contributed by atoms with Crippen LogP contribution in [0.2, 0.25) is 0 Å². The molecule has 124 valence electrons. The molecule has 0 heterocycles. The van der Waals surface area contributed by atoms with E-state index in [0.717, 1.165) is 18.1 Å². The van der Waals surface area contributed by atoms with Crippen LogP contribution in [0, 0.1) is 12.7 Å². The van der Waals surface area contributed by atoms with Crippen LogP contribution < -0.4 is 9.47 Å². The molecule has 2 rings (SSSR count). The van der Waals surface area contributed by atoms with Gasteiger partial charge in [0.2, 0.25) is 0 Å². The second-order valence-corrected chi connectivity index (χ2v) is 5.34. The van der Waals surface area contributed by atoms with E-state index in [4.69, 9.17) is 4.74 Å². The van der Waals surface area contributed by atoms with Crippen molar-refractivity contribution >= 4 is 0 Å². The molecule has 0 aliphatic carbocycles. The summed E-state index contributed by atoms with van der Waals surface area (Å²) in [7, 11) is 0. The topological polar surface area (TPSA) is 18.5 Å². The monoisotopic (exact) mass is 324 g/mol. The number of alkyl halides is 2. The van der Waals surface area contributed by atoms with Gasteiger partial charge in [0.1, 0.15) is 17.3 Å². The SMILES string of the molecule is CCCc1ccc(OC(F)(F)COc2ccc(C)cc2)cc1F. The Hall–Kier alpha value is -2.17. The van der Waals surface area contributed by atoms with Gasteiger partial charge in [0.05, 0.1) is 0 Å². The molecule has 2 aromatic rings. The molecule has 0 bridgehead atoms. The molecule has 0 amide bonds. The van der Waals surface area contributed by atoms with Gasteiger partial charge in [0.15, 0.2) is 6.61 Å². The number of rotatable bonds is 7. The molecule has 0 radical (unpaired) electrons. The predicted octanol–water partition coefficient (Wildman–Crippen LogP) is 5.14. The third kappa shape index (κ3) is 5.20. The van der Waals surface area contributed by atoms with E-state index in [0.29, 0.717) is 17.7 Å². The summed E-state index contributed by atoms with van der Waals surface area (Å²) < 4.78 is 50.9. The quantitative estimate of drug-likeness (QED) is 0.702. The lowest BCUT2D eigenvalue weighted by Gasteiger charge is -2.19.